The van der Waals surface area contributed by atoms with E-state index in [9.17, 15) is 33.0 Å². The molecule has 1 heterocycles. The minimum Gasteiger partial charge on any atom is -0.494 e. The first-order valence-corrected chi connectivity index (χ1v) is 10.7. The second-order valence-electron chi connectivity index (χ2n) is 8.16. The molecule has 36 heavy (non-hydrogen) atoms. The number of amides is 1. The summed E-state index contributed by atoms with van der Waals surface area (Å²) in [5, 5.41) is 24.4. The maximum Gasteiger partial charge on any atom is 0.416 e. The molecule has 4 aromatic rings. The van der Waals surface area contributed by atoms with Crippen molar-refractivity contribution in [1.29, 1.82) is 0 Å². The minimum atomic E-state index is -4.64. The number of aryl methyl sites for hydroxylation is 2. The van der Waals surface area contributed by atoms with Crippen LogP contribution in [0.1, 0.15) is 43.0 Å². The average Bonchev–Trinajstić information content (AvgIpc) is 3.10. The van der Waals surface area contributed by atoms with Crippen molar-refractivity contribution in [3.05, 3.63) is 94.0 Å². The molecule has 0 saturated heterocycles. The van der Waals surface area contributed by atoms with Crippen molar-refractivity contribution >= 4 is 29.0 Å². The third-order valence-electron chi connectivity index (χ3n) is 5.79. The first-order valence-electron chi connectivity index (χ1n) is 10.7. The van der Waals surface area contributed by atoms with E-state index in [0.29, 0.717) is 5.56 Å². The summed E-state index contributed by atoms with van der Waals surface area (Å²) in [6.45, 7) is 3.76. The van der Waals surface area contributed by atoms with E-state index in [4.69, 9.17) is 0 Å². The highest BCUT2D eigenvalue weighted by Gasteiger charge is 2.31. The van der Waals surface area contributed by atoms with E-state index in [1.807, 2.05) is 13.8 Å². The van der Waals surface area contributed by atoms with Gasteiger partial charge in [-0.25, -0.2) is 10.2 Å². The number of hydrazone groups is 1. The van der Waals surface area contributed by atoms with Gasteiger partial charge in [-0.3, -0.25) is 9.36 Å². The number of rotatable bonds is 5. The zero-order valence-corrected chi connectivity index (χ0v) is 19.1. The summed E-state index contributed by atoms with van der Waals surface area (Å²) in [6, 6.07) is 13.4. The van der Waals surface area contributed by atoms with Gasteiger partial charge in [0, 0.05) is 16.6 Å². The van der Waals surface area contributed by atoms with E-state index in [1.54, 1.807) is 18.2 Å². The van der Waals surface area contributed by atoms with Crippen LogP contribution in [0.4, 0.5) is 13.2 Å². The normalized spacial score (nSPS) is 11.8. The Hall–Kier alpha value is -4.60. The summed E-state index contributed by atoms with van der Waals surface area (Å²) < 4.78 is 41.3. The Bertz CT molecular complexity index is 1540. The van der Waals surface area contributed by atoms with Gasteiger partial charge in [-0.2, -0.15) is 18.3 Å². The molecule has 0 aliphatic rings. The first kappa shape index (κ1) is 24.5. The van der Waals surface area contributed by atoms with Gasteiger partial charge >= 0.3 is 12.1 Å². The molecule has 0 unspecified atom stereocenters. The van der Waals surface area contributed by atoms with Gasteiger partial charge in [-0.05, 0) is 67.4 Å². The average molecular weight is 495 g/mol. The largest absolute Gasteiger partial charge is 0.494 e. The number of carboxylic acid groups (broad SMARTS) is 1. The number of aromatic carboxylic acids is 1. The maximum atomic E-state index is 13.4. The van der Waals surface area contributed by atoms with Crippen molar-refractivity contribution in [2.45, 2.75) is 20.0 Å². The standard InChI is InChI=1S/C26H20F3N3O4/c1-14-6-7-16(10-15(14)2)23(33)31-30-13-21-20-9-8-18(26(27,28)29)12-22(20)32(24(21)34)19-5-3-4-17(11-19)25(35)36/h3-13,34H,1-2H3,(H,31,33)(H,35,36). The molecule has 10 heteroatoms. The molecule has 0 aliphatic heterocycles. The number of nitrogens with zero attached hydrogens (tertiary/aromatic N) is 2. The van der Waals surface area contributed by atoms with Gasteiger partial charge in [0.1, 0.15) is 0 Å². The first-order chi connectivity index (χ1) is 17.0. The van der Waals surface area contributed by atoms with Crippen LogP contribution in [0.25, 0.3) is 16.6 Å². The van der Waals surface area contributed by atoms with Crippen LogP contribution in [-0.2, 0) is 6.18 Å². The molecule has 184 valence electrons. The lowest BCUT2D eigenvalue weighted by Gasteiger charge is -2.10. The fraction of sp³-hybridized carbons (Fsp3) is 0.115. The lowest BCUT2D eigenvalue weighted by Crippen LogP contribution is -2.17. The lowest BCUT2D eigenvalue weighted by molar-refractivity contribution is -0.137. The van der Waals surface area contributed by atoms with Gasteiger partial charge in [0.25, 0.3) is 5.91 Å². The van der Waals surface area contributed by atoms with Gasteiger partial charge in [0.05, 0.1) is 28.4 Å². The second-order valence-corrected chi connectivity index (χ2v) is 8.16. The van der Waals surface area contributed by atoms with Crippen molar-refractivity contribution in [1.82, 2.24) is 9.99 Å². The van der Waals surface area contributed by atoms with Crippen LogP contribution >= 0.6 is 0 Å². The molecule has 1 amide bonds. The van der Waals surface area contributed by atoms with Gasteiger partial charge in [0.2, 0.25) is 5.88 Å². The Morgan fingerprint density at radius 3 is 2.39 bits per heavy atom. The highest BCUT2D eigenvalue weighted by Crippen LogP contribution is 2.37. The Morgan fingerprint density at radius 1 is 0.972 bits per heavy atom. The number of carboxylic acids is 1. The molecule has 4 rings (SSSR count). The van der Waals surface area contributed by atoms with Crippen molar-refractivity contribution in [3.8, 4) is 11.6 Å². The van der Waals surface area contributed by atoms with E-state index in [2.05, 4.69) is 10.5 Å². The molecular formula is C26H20F3N3O4. The molecule has 3 N–H and O–H groups in total. The Balaban J connectivity index is 1.79. The molecular weight excluding hydrogens is 475 g/mol. The minimum absolute atomic E-state index is 0.0215. The van der Waals surface area contributed by atoms with E-state index >= 15 is 0 Å². The summed E-state index contributed by atoms with van der Waals surface area (Å²) in [5.41, 5.74) is 3.73. The van der Waals surface area contributed by atoms with Crippen LogP contribution in [0.15, 0.2) is 65.8 Å². The van der Waals surface area contributed by atoms with E-state index in [0.717, 1.165) is 34.0 Å². The molecule has 0 saturated carbocycles. The second kappa shape index (κ2) is 9.21. The summed E-state index contributed by atoms with van der Waals surface area (Å²) in [5.74, 6) is -2.22. The van der Waals surface area contributed by atoms with Crippen LogP contribution in [0.5, 0.6) is 5.88 Å². The molecule has 0 radical (unpaired) electrons. The summed E-state index contributed by atoms with van der Waals surface area (Å²) in [6.07, 6.45) is -3.52. The van der Waals surface area contributed by atoms with Gasteiger partial charge in [0.15, 0.2) is 0 Å². The summed E-state index contributed by atoms with van der Waals surface area (Å²) in [4.78, 5) is 23.9. The van der Waals surface area contributed by atoms with Gasteiger partial charge in [-0.1, -0.05) is 18.2 Å². The number of halogens is 3. The van der Waals surface area contributed by atoms with Crippen molar-refractivity contribution < 1.29 is 33.0 Å². The molecule has 7 nitrogen and oxygen atoms in total. The maximum absolute atomic E-state index is 13.4. The van der Waals surface area contributed by atoms with E-state index < -0.39 is 29.5 Å². The molecule has 0 bridgehead atoms. The van der Waals surface area contributed by atoms with Crippen LogP contribution in [0.3, 0.4) is 0 Å². The van der Waals surface area contributed by atoms with Gasteiger partial charge in [-0.15, -0.1) is 0 Å². The van der Waals surface area contributed by atoms with Crippen LogP contribution < -0.4 is 5.43 Å². The van der Waals surface area contributed by atoms with Crippen LogP contribution in [0.2, 0.25) is 0 Å². The van der Waals surface area contributed by atoms with E-state index in [-0.39, 0.29) is 27.7 Å². The number of hydrogen-bond acceptors (Lipinski definition) is 4. The molecule has 0 spiro atoms. The number of benzene rings is 3. The zero-order chi connectivity index (χ0) is 26.2. The van der Waals surface area contributed by atoms with Crippen LogP contribution in [-0.4, -0.2) is 32.9 Å². The predicted octanol–water partition coefficient (Wildman–Crippen LogP) is 5.43. The number of alkyl halides is 3. The molecule has 1 aromatic heterocycles. The quantitative estimate of drug-likeness (QED) is 0.254. The Kier molecular flexibility index (Phi) is 6.28. The summed E-state index contributed by atoms with van der Waals surface area (Å²) in [7, 11) is 0. The summed E-state index contributed by atoms with van der Waals surface area (Å²) >= 11 is 0. The number of aromatic nitrogens is 1. The highest BCUT2D eigenvalue weighted by molar-refractivity contribution is 6.04. The van der Waals surface area contributed by atoms with Crippen molar-refractivity contribution in [2.75, 3.05) is 0 Å². The third kappa shape index (κ3) is 4.65. The smallest absolute Gasteiger partial charge is 0.416 e. The number of nitrogens with one attached hydrogen (secondary N) is 1. The Labute approximate surface area is 203 Å². The van der Waals surface area contributed by atoms with Gasteiger partial charge < -0.3 is 10.2 Å². The number of aromatic hydroxyl groups is 1. The molecule has 3 aromatic carbocycles. The van der Waals surface area contributed by atoms with Crippen molar-refractivity contribution in [2.24, 2.45) is 5.10 Å². The number of carbonyl (C=O) groups is 2. The predicted molar refractivity (Wildman–Crippen MR) is 128 cm³/mol. The third-order valence-corrected chi connectivity index (χ3v) is 5.79. The lowest BCUT2D eigenvalue weighted by atomic mass is 10.1. The van der Waals surface area contributed by atoms with Crippen LogP contribution in [0, 0.1) is 13.8 Å². The fourth-order valence-electron chi connectivity index (χ4n) is 3.75. The fourth-order valence-corrected chi connectivity index (χ4v) is 3.75. The van der Waals surface area contributed by atoms with E-state index in [1.165, 1.54) is 30.3 Å². The molecule has 0 aliphatic carbocycles. The molecule has 0 fully saturated rings. The zero-order valence-electron chi connectivity index (χ0n) is 19.1. The molecule has 0 atom stereocenters. The van der Waals surface area contributed by atoms with Crippen molar-refractivity contribution in [3.63, 3.8) is 0 Å². The number of carbonyl (C=O) groups excluding carboxylic acids is 1. The number of fused-ring (bicyclic) bond motifs is 1. The Morgan fingerprint density at radius 2 is 1.72 bits per heavy atom. The SMILES string of the molecule is Cc1ccc(C(=O)NN=Cc2c(O)n(-c3cccc(C(=O)O)c3)c3cc(C(F)(F)F)ccc23)cc1C. The number of hydrogen-bond donors (Lipinski definition) is 3. The highest BCUT2D eigenvalue weighted by atomic mass is 19.4. The monoisotopic (exact) mass is 495 g/mol. The topological polar surface area (TPSA) is 104 Å².